The van der Waals surface area contributed by atoms with Crippen LogP contribution in [0.25, 0.3) is 0 Å². The Morgan fingerprint density at radius 1 is 1.10 bits per heavy atom. The Hall–Kier alpha value is -2.24. The fourth-order valence-electron chi connectivity index (χ4n) is 3.36. The van der Waals surface area contributed by atoms with Crippen molar-refractivity contribution >= 4 is 21.8 Å². The van der Waals surface area contributed by atoms with Crippen molar-refractivity contribution in [2.24, 2.45) is 0 Å². The Morgan fingerprint density at radius 3 is 2.14 bits per heavy atom. The maximum absolute atomic E-state index is 12.8. The molecular weight excluding hydrogens is 400 g/mol. The number of amides is 1. The zero-order valence-electron chi connectivity index (χ0n) is 16.8. The van der Waals surface area contributed by atoms with Crippen LogP contribution in [0.4, 0.5) is 10.5 Å². The molecule has 2 saturated heterocycles. The quantitative estimate of drug-likeness (QED) is 0.530. The maximum atomic E-state index is 12.8. The van der Waals surface area contributed by atoms with E-state index in [-0.39, 0.29) is 22.7 Å². The summed E-state index contributed by atoms with van der Waals surface area (Å²) in [5.74, 6) is 0. The predicted molar refractivity (Wildman–Crippen MR) is 105 cm³/mol. The Balaban J connectivity index is 1.52. The third kappa shape index (κ3) is 4.85. The average molecular weight is 426 g/mol. The molecule has 0 radical (unpaired) electrons. The number of nitro benzene ring substituents is 1. The van der Waals surface area contributed by atoms with Crippen molar-refractivity contribution < 1.29 is 22.9 Å². The van der Waals surface area contributed by atoms with Crippen molar-refractivity contribution in [3.63, 3.8) is 0 Å². The molecule has 2 aliphatic heterocycles. The van der Waals surface area contributed by atoms with Crippen LogP contribution in [-0.4, -0.2) is 84.5 Å². The van der Waals surface area contributed by atoms with Gasteiger partial charge in [0.15, 0.2) is 0 Å². The first kappa shape index (κ1) is 21.5. The monoisotopic (exact) mass is 426 g/mol. The van der Waals surface area contributed by atoms with Crippen molar-refractivity contribution in [2.75, 3.05) is 39.3 Å². The van der Waals surface area contributed by atoms with Crippen molar-refractivity contribution in [1.82, 2.24) is 14.1 Å². The van der Waals surface area contributed by atoms with Crippen LogP contribution in [0.1, 0.15) is 20.8 Å². The fraction of sp³-hybridized carbons (Fsp3) is 0.611. The molecule has 0 atom stereocenters. The van der Waals surface area contributed by atoms with Gasteiger partial charge in [-0.25, -0.2) is 13.2 Å². The van der Waals surface area contributed by atoms with E-state index in [4.69, 9.17) is 4.74 Å². The maximum Gasteiger partial charge on any atom is 0.410 e. The summed E-state index contributed by atoms with van der Waals surface area (Å²) in [5, 5.41) is 10.7. The molecule has 1 amide bonds. The lowest BCUT2D eigenvalue weighted by molar-refractivity contribution is -0.384. The molecule has 10 nitrogen and oxygen atoms in total. The fourth-order valence-corrected chi connectivity index (χ4v) is 4.78. The van der Waals surface area contributed by atoms with Gasteiger partial charge >= 0.3 is 6.09 Å². The Labute approximate surface area is 170 Å². The van der Waals surface area contributed by atoms with E-state index in [1.807, 2.05) is 20.8 Å². The summed E-state index contributed by atoms with van der Waals surface area (Å²) in [7, 11) is -3.69. The molecule has 1 aromatic rings. The van der Waals surface area contributed by atoms with Crippen LogP contribution in [0.2, 0.25) is 0 Å². The van der Waals surface area contributed by atoms with Gasteiger partial charge in [0.1, 0.15) is 5.60 Å². The van der Waals surface area contributed by atoms with Gasteiger partial charge in [-0.3, -0.25) is 15.0 Å². The van der Waals surface area contributed by atoms with Crippen molar-refractivity contribution in [3.8, 4) is 0 Å². The lowest BCUT2D eigenvalue weighted by atomic mass is 10.1. The molecule has 0 saturated carbocycles. The molecule has 0 unspecified atom stereocenters. The predicted octanol–water partition coefficient (Wildman–Crippen LogP) is 1.52. The molecule has 2 heterocycles. The second-order valence-electron chi connectivity index (χ2n) is 8.23. The number of benzene rings is 1. The van der Waals surface area contributed by atoms with Gasteiger partial charge in [0.25, 0.3) is 5.69 Å². The minimum atomic E-state index is -3.69. The molecule has 2 aliphatic rings. The number of hydrogen-bond donors (Lipinski definition) is 0. The summed E-state index contributed by atoms with van der Waals surface area (Å²) in [6, 6.07) is 5.13. The highest BCUT2D eigenvalue weighted by Gasteiger charge is 2.39. The molecule has 0 aromatic heterocycles. The number of non-ortho nitro benzene ring substituents is 1. The molecule has 3 rings (SSSR count). The van der Waals surface area contributed by atoms with E-state index < -0.39 is 20.5 Å². The third-order valence-electron chi connectivity index (χ3n) is 4.99. The normalized spacial score (nSPS) is 19.6. The Bertz CT molecular complexity index is 867. The minimum Gasteiger partial charge on any atom is -0.444 e. The Kier molecular flexibility index (Phi) is 5.84. The van der Waals surface area contributed by atoms with Crippen LogP contribution < -0.4 is 0 Å². The number of rotatable bonds is 4. The van der Waals surface area contributed by atoms with E-state index in [2.05, 4.69) is 4.90 Å². The number of likely N-dealkylation sites (tertiary alicyclic amines) is 1. The van der Waals surface area contributed by atoms with Gasteiger partial charge in [-0.2, -0.15) is 4.31 Å². The summed E-state index contributed by atoms with van der Waals surface area (Å²) in [5.41, 5.74) is -0.673. The first-order valence-electron chi connectivity index (χ1n) is 9.44. The zero-order valence-corrected chi connectivity index (χ0v) is 17.6. The van der Waals surface area contributed by atoms with Crippen LogP contribution in [-0.2, 0) is 14.8 Å². The van der Waals surface area contributed by atoms with Gasteiger partial charge in [0.2, 0.25) is 10.0 Å². The topological polar surface area (TPSA) is 113 Å². The summed E-state index contributed by atoms with van der Waals surface area (Å²) >= 11 is 0. The van der Waals surface area contributed by atoms with E-state index in [0.29, 0.717) is 39.3 Å². The van der Waals surface area contributed by atoms with Crippen molar-refractivity contribution in [1.29, 1.82) is 0 Å². The molecule has 0 spiro atoms. The number of carbonyl (C=O) groups excluding carboxylic acids is 1. The molecule has 1 aromatic carbocycles. The van der Waals surface area contributed by atoms with E-state index in [1.165, 1.54) is 28.6 Å². The summed E-state index contributed by atoms with van der Waals surface area (Å²) in [6.45, 7) is 8.43. The standard InChI is InChI=1S/C18H26N4O6S/c1-18(2,3)28-17(23)20-12-15(13-20)19-8-10-21(11-9-19)29(26,27)16-6-4-14(5-7-16)22(24)25/h4-7,15H,8-13H2,1-3H3. The number of hydrogen-bond acceptors (Lipinski definition) is 7. The van der Waals surface area contributed by atoms with Gasteiger partial charge < -0.3 is 9.64 Å². The summed E-state index contributed by atoms with van der Waals surface area (Å²) in [4.78, 5) is 26.1. The molecule has 29 heavy (non-hydrogen) atoms. The average Bonchev–Trinajstić information content (AvgIpc) is 2.59. The van der Waals surface area contributed by atoms with Crippen LogP contribution in [0.15, 0.2) is 29.2 Å². The third-order valence-corrected chi connectivity index (χ3v) is 6.90. The molecule has 11 heteroatoms. The highest BCUT2D eigenvalue weighted by molar-refractivity contribution is 7.89. The van der Waals surface area contributed by atoms with Gasteiger partial charge in [0, 0.05) is 57.4 Å². The van der Waals surface area contributed by atoms with Crippen LogP contribution in [0, 0.1) is 10.1 Å². The first-order valence-corrected chi connectivity index (χ1v) is 10.9. The lowest BCUT2D eigenvalue weighted by Crippen LogP contribution is -2.64. The van der Waals surface area contributed by atoms with Crippen molar-refractivity contribution in [3.05, 3.63) is 34.4 Å². The molecule has 0 aliphatic carbocycles. The number of nitrogens with zero attached hydrogens (tertiary/aromatic N) is 4. The molecular formula is C18H26N4O6S. The number of piperazine rings is 1. The molecule has 2 fully saturated rings. The van der Waals surface area contributed by atoms with Crippen molar-refractivity contribution in [2.45, 2.75) is 37.3 Å². The van der Waals surface area contributed by atoms with Crippen LogP contribution >= 0.6 is 0 Å². The SMILES string of the molecule is CC(C)(C)OC(=O)N1CC(N2CCN(S(=O)(=O)c3ccc([N+](=O)[O-])cc3)CC2)C1. The molecule has 160 valence electrons. The van der Waals surface area contributed by atoms with Crippen LogP contribution in [0.5, 0.6) is 0 Å². The van der Waals surface area contributed by atoms with Gasteiger partial charge in [-0.15, -0.1) is 0 Å². The highest BCUT2D eigenvalue weighted by Crippen LogP contribution is 2.24. The van der Waals surface area contributed by atoms with Crippen LogP contribution in [0.3, 0.4) is 0 Å². The van der Waals surface area contributed by atoms with Gasteiger partial charge in [-0.1, -0.05) is 0 Å². The number of carbonyl (C=O) groups is 1. The Morgan fingerprint density at radius 2 is 1.66 bits per heavy atom. The van der Waals surface area contributed by atoms with E-state index in [0.717, 1.165) is 0 Å². The van der Waals surface area contributed by atoms with Gasteiger partial charge in [0.05, 0.1) is 9.82 Å². The number of sulfonamides is 1. The smallest absolute Gasteiger partial charge is 0.410 e. The van der Waals surface area contributed by atoms with E-state index in [9.17, 15) is 23.3 Å². The highest BCUT2D eigenvalue weighted by atomic mass is 32.2. The summed E-state index contributed by atoms with van der Waals surface area (Å²) in [6.07, 6.45) is -0.326. The summed E-state index contributed by atoms with van der Waals surface area (Å²) < 4.78 is 32.3. The van der Waals surface area contributed by atoms with E-state index >= 15 is 0 Å². The first-order chi connectivity index (χ1) is 13.5. The molecule has 0 N–H and O–H groups in total. The number of ether oxygens (including phenoxy) is 1. The number of nitro groups is 1. The second-order valence-corrected chi connectivity index (χ2v) is 10.2. The largest absolute Gasteiger partial charge is 0.444 e. The van der Waals surface area contributed by atoms with Gasteiger partial charge in [-0.05, 0) is 32.9 Å². The lowest BCUT2D eigenvalue weighted by Gasteiger charge is -2.47. The van der Waals surface area contributed by atoms with E-state index in [1.54, 1.807) is 4.90 Å². The zero-order chi connectivity index (χ0) is 21.4. The second kappa shape index (κ2) is 7.88. The molecule has 0 bridgehead atoms. The minimum absolute atomic E-state index is 0.0521.